The van der Waals surface area contributed by atoms with Crippen LogP contribution in [0, 0.1) is 6.92 Å². The van der Waals surface area contributed by atoms with Gasteiger partial charge in [-0.25, -0.2) is 13.1 Å². The lowest BCUT2D eigenvalue weighted by atomic mass is 10.1. The zero-order valence-electron chi connectivity index (χ0n) is 12.3. The Balaban J connectivity index is 2.14. The summed E-state index contributed by atoms with van der Waals surface area (Å²) in [5.74, 6) is -0.332. The number of benzene rings is 1. The molecule has 9 heteroatoms. The maximum absolute atomic E-state index is 12.3. The van der Waals surface area contributed by atoms with Crippen LogP contribution in [0.3, 0.4) is 0 Å². The van der Waals surface area contributed by atoms with Gasteiger partial charge < -0.3 is 5.32 Å². The molecule has 0 bridgehead atoms. The Hall–Kier alpha value is -1.84. The highest BCUT2D eigenvalue weighted by molar-refractivity contribution is 7.91. The molecule has 7 nitrogen and oxygen atoms in total. The van der Waals surface area contributed by atoms with Crippen LogP contribution >= 0.6 is 11.3 Å². The summed E-state index contributed by atoms with van der Waals surface area (Å²) in [7, 11) is -3.79. The predicted octanol–water partition coefficient (Wildman–Crippen LogP) is 1.84. The zero-order valence-corrected chi connectivity index (χ0v) is 14.0. The summed E-state index contributed by atoms with van der Waals surface area (Å²) < 4.78 is 26.9. The number of carbonyl (C=O) groups is 1. The van der Waals surface area contributed by atoms with Crippen LogP contribution in [0.25, 0.3) is 0 Å². The fourth-order valence-electron chi connectivity index (χ4n) is 1.73. The molecule has 0 radical (unpaired) electrons. The summed E-state index contributed by atoms with van der Waals surface area (Å²) in [6, 6.07) is 7.16. The van der Waals surface area contributed by atoms with Gasteiger partial charge in [0, 0.05) is 13.0 Å². The van der Waals surface area contributed by atoms with E-state index < -0.39 is 16.1 Å². The summed E-state index contributed by atoms with van der Waals surface area (Å²) >= 11 is 0.803. The van der Waals surface area contributed by atoms with E-state index in [2.05, 4.69) is 20.2 Å². The van der Waals surface area contributed by atoms with E-state index in [1.165, 1.54) is 6.92 Å². The highest BCUT2D eigenvalue weighted by Gasteiger charge is 2.23. The Kier molecular flexibility index (Phi) is 4.89. The van der Waals surface area contributed by atoms with Crippen LogP contribution in [-0.4, -0.2) is 24.5 Å². The molecule has 0 saturated heterocycles. The van der Waals surface area contributed by atoms with E-state index in [1.807, 2.05) is 31.2 Å². The minimum Gasteiger partial charge on any atom is -0.301 e. The molecule has 0 aliphatic carbocycles. The first kappa shape index (κ1) is 16.5. The van der Waals surface area contributed by atoms with Gasteiger partial charge in [0.2, 0.25) is 15.4 Å². The number of anilines is 1. The van der Waals surface area contributed by atoms with E-state index in [4.69, 9.17) is 0 Å². The fraction of sp³-hybridized carbons (Fsp3) is 0.308. The molecule has 1 amide bonds. The molecular formula is C13H16N4O3S2. The van der Waals surface area contributed by atoms with Gasteiger partial charge in [-0.1, -0.05) is 41.2 Å². The second kappa shape index (κ2) is 6.51. The van der Waals surface area contributed by atoms with E-state index in [0.717, 1.165) is 22.5 Å². The molecule has 2 N–H and O–H groups in total. The third-order valence-corrected chi connectivity index (χ3v) is 5.58. The predicted molar refractivity (Wildman–Crippen MR) is 84.1 cm³/mol. The van der Waals surface area contributed by atoms with Crippen LogP contribution in [0.2, 0.25) is 0 Å². The Bertz CT molecular complexity index is 769. The Morgan fingerprint density at radius 2 is 1.86 bits per heavy atom. The van der Waals surface area contributed by atoms with Crippen molar-refractivity contribution < 1.29 is 13.2 Å². The fourth-order valence-corrected chi connectivity index (χ4v) is 3.92. The van der Waals surface area contributed by atoms with Crippen molar-refractivity contribution in [1.82, 2.24) is 14.9 Å². The average Bonchev–Trinajstić information content (AvgIpc) is 2.87. The Morgan fingerprint density at radius 3 is 2.45 bits per heavy atom. The normalized spacial score (nSPS) is 12.9. The number of nitrogens with one attached hydrogen (secondary N) is 2. The lowest BCUT2D eigenvalue weighted by Gasteiger charge is -2.13. The topological polar surface area (TPSA) is 101 Å². The molecule has 2 rings (SSSR count). The van der Waals surface area contributed by atoms with Crippen LogP contribution in [0.1, 0.15) is 31.0 Å². The molecule has 118 valence electrons. The minimum atomic E-state index is -3.79. The monoisotopic (exact) mass is 340 g/mol. The first-order valence-electron chi connectivity index (χ1n) is 6.48. The van der Waals surface area contributed by atoms with Gasteiger partial charge in [-0.15, -0.1) is 10.2 Å². The van der Waals surface area contributed by atoms with Gasteiger partial charge in [0.1, 0.15) is 0 Å². The highest BCUT2D eigenvalue weighted by atomic mass is 32.2. The van der Waals surface area contributed by atoms with Crippen molar-refractivity contribution in [2.24, 2.45) is 0 Å². The Morgan fingerprint density at radius 1 is 1.23 bits per heavy atom. The molecule has 0 unspecified atom stereocenters. The number of sulfonamides is 1. The van der Waals surface area contributed by atoms with Crippen LogP contribution in [-0.2, 0) is 14.8 Å². The van der Waals surface area contributed by atoms with Crippen molar-refractivity contribution in [1.29, 1.82) is 0 Å². The van der Waals surface area contributed by atoms with Crippen LogP contribution in [0.15, 0.2) is 28.6 Å². The summed E-state index contributed by atoms with van der Waals surface area (Å²) in [5.41, 5.74) is 1.95. The number of aryl methyl sites for hydroxylation is 1. The standard InChI is InChI=1S/C13H16N4O3S2/c1-8-4-6-11(7-5-8)9(2)17-22(19,20)13-16-15-12(21-13)14-10(3)18/h4-7,9,17H,1-3H3,(H,14,15,18)/t9-/m0/s1. The molecule has 0 fully saturated rings. The number of rotatable bonds is 5. The molecule has 2 aromatic rings. The third kappa shape index (κ3) is 4.09. The van der Waals surface area contributed by atoms with Crippen molar-refractivity contribution >= 4 is 32.4 Å². The lowest BCUT2D eigenvalue weighted by molar-refractivity contribution is -0.114. The molecule has 22 heavy (non-hydrogen) atoms. The maximum Gasteiger partial charge on any atom is 0.270 e. The molecule has 0 aliphatic heterocycles. The minimum absolute atomic E-state index is 0.149. The van der Waals surface area contributed by atoms with Gasteiger partial charge in [-0.3, -0.25) is 4.79 Å². The number of hydrogen-bond donors (Lipinski definition) is 2. The van der Waals surface area contributed by atoms with Gasteiger partial charge >= 0.3 is 0 Å². The van der Waals surface area contributed by atoms with Crippen molar-refractivity contribution in [2.75, 3.05) is 5.32 Å². The first-order valence-corrected chi connectivity index (χ1v) is 8.78. The molecule has 1 aromatic heterocycles. The van der Waals surface area contributed by atoms with Gasteiger partial charge in [0.05, 0.1) is 0 Å². The molecule has 0 aliphatic rings. The van der Waals surface area contributed by atoms with Gasteiger partial charge in [-0.2, -0.15) is 0 Å². The van der Waals surface area contributed by atoms with Crippen molar-refractivity contribution in [3.05, 3.63) is 35.4 Å². The van der Waals surface area contributed by atoms with E-state index in [-0.39, 0.29) is 15.4 Å². The number of amides is 1. The van der Waals surface area contributed by atoms with E-state index in [1.54, 1.807) is 6.92 Å². The van der Waals surface area contributed by atoms with Gasteiger partial charge in [0.25, 0.3) is 10.0 Å². The molecule has 1 heterocycles. The van der Waals surface area contributed by atoms with Crippen molar-refractivity contribution in [3.63, 3.8) is 0 Å². The van der Waals surface area contributed by atoms with E-state index >= 15 is 0 Å². The largest absolute Gasteiger partial charge is 0.301 e. The molecule has 0 spiro atoms. The summed E-state index contributed by atoms with van der Waals surface area (Å²) in [5, 5.41) is 9.79. The molecular weight excluding hydrogens is 324 g/mol. The maximum atomic E-state index is 12.3. The summed E-state index contributed by atoms with van der Waals surface area (Å²) in [6.07, 6.45) is 0. The second-order valence-electron chi connectivity index (χ2n) is 4.81. The number of nitrogens with zero attached hydrogens (tertiary/aromatic N) is 2. The van der Waals surface area contributed by atoms with Crippen molar-refractivity contribution in [3.8, 4) is 0 Å². The zero-order chi connectivity index (χ0) is 16.3. The van der Waals surface area contributed by atoms with Gasteiger partial charge in [-0.05, 0) is 19.4 Å². The quantitative estimate of drug-likeness (QED) is 0.809. The third-order valence-electron chi connectivity index (χ3n) is 2.83. The average molecular weight is 340 g/mol. The van der Waals surface area contributed by atoms with Crippen LogP contribution < -0.4 is 10.0 Å². The number of carbonyl (C=O) groups excluding carboxylic acids is 1. The first-order chi connectivity index (χ1) is 10.3. The van der Waals surface area contributed by atoms with E-state index in [0.29, 0.717) is 0 Å². The van der Waals surface area contributed by atoms with E-state index in [9.17, 15) is 13.2 Å². The molecule has 1 aromatic carbocycles. The molecule has 0 saturated carbocycles. The smallest absolute Gasteiger partial charge is 0.270 e. The SMILES string of the molecule is CC(=O)Nc1nnc(S(=O)(=O)N[C@@H](C)c2ccc(C)cc2)s1. The summed E-state index contributed by atoms with van der Waals surface area (Å²) in [6.45, 7) is 5.02. The highest BCUT2D eigenvalue weighted by Crippen LogP contribution is 2.22. The van der Waals surface area contributed by atoms with Gasteiger partial charge in [0.15, 0.2) is 0 Å². The second-order valence-corrected chi connectivity index (χ2v) is 7.67. The number of hydrogen-bond acceptors (Lipinski definition) is 6. The molecule has 1 atom stereocenters. The van der Waals surface area contributed by atoms with Crippen molar-refractivity contribution in [2.45, 2.75) is 31.2 Å². The summed E-state index contributed by atoms with van der Waals surface area (Å²) in [4.78, 5) is 10.9. The number of aromatic nitrogens is 2. The Labute approximate surface area is 132 Å². The van der Waals surface area contributed by atoms with Crippen LogP contribution in [0.4, 0.5) is 5.13 Å². The lowest BCUT2D eigenvalue weighted by Crippen LogP contribution is -2.26. The van der Waals surface area contributed by atoms with Crippen LogP contribution in [0.5, 0.6) is 0 Å².